The fourth-order valence-electron chi connectivity index (χ4n) is 5.71. The van der Waals surface area contributed by atoms with Crippen molar-refractivity contribution in [1.82, 2.24) is 0 Å². The van der Waals surface area contributed by atoms with Crippen LogP contribution in [0.5, 0.6) is 5.75 Å². The van der Waals surface area contributed by atoms with E-state index in [0.717, 1.165) is 79.4 Å². The molecule has 0 radical (unpaired) electrons. The molecule has 0 bridgehead atoms. The van der Waals surface area contributed by atoms with Gasteiger partial charge in [-0.25, -0.2) is 4.79 Å². The van der Waals surface area contributed by atoms with Crippen LogP contribution >= 0.6 is 22.4 Å². The molecule has 0 aromatic heterocycles. The second-order valence-electron chi connectivity index (χ2n) is 11.2. The van der Waals surface area contributed by atoms with E-state index in [0.29, 0.717) is 17.2 Å². The Bertz CT molecular complexity index is 1370. The van der Waals surface area contributed by atoms with Crippen molar-refractivity contribution in [1.29, 1.82) is 0 Å². The predicted octanol–water partition coefficient (Wildman–Crippen LogP) is 9.63. The molecule has 0 saturated carbocycles. The van der Waals surface area contributed by atoms with Crippen molar-refractivity contribution < 1.29 is 23.7 Å². The Morgan fingerprint density at radius 2 is 1.72 bits per heavy atom. The minimum absolute atomic E-state index is 0.281. The van der Waals surface area contributed by atoms with Gasteiger partial charge in [-0.15, -0.1) is 11.8 Å². The van der Waals surface area contributed by atoms with E-state index in [4.69, 9.17) is 9.84 Å². The molecule has 4 rings (SSSR count). The Labute approximate surface area is 261 Å². The average molecular weight is 625 g/mol. The van der Waals surface area contributed by atoms with Gasteiger partial charge in [0.1, 0.15) is 5.75 Å². The Morgan fingerprint density at radius 3 is 2.33 bits per heavy atom. The first-order chi connectivity index (χ1) is 20.7. The molecule has 0 unspecified atom stereocenters. The zero-order valence-corrected chi connectivity index (χ0v) is 26.9. The van der Waals surface area contributed by atoms with Gasteiger partial charge < -0.3 is 20.1 Å². The molecule has 0 spiro atoms. The van der Waals surface area contributed by atoms with E-state index in [1.807, 2.05) is 30.5 Å². The van der Waals surface area contributed by atoms with E-state index in [1.165, 1.54) is 17.3 Å². The number of anilines is 3. The van der Waals surface area contributed by atoms with Gasteiger partial charge >= 0.3 is 5.97 Å². The van der Waals surface area contributed by atoms with E-state index in [1.54, 1.807) is 6.07 Å². The van der Waals surface area contributed by atoms with Crippen LogP contribution in [0.1, 0.15) is 57.9 Å². The maximum atomic E-state index is 11.9. The van der Waals surface area contributed by atoms with Crippen molar-refractivity contribution in [3.8, 4) is 5.75 Å². The predicted molar refractivity (Wildman–Crippen MR) is 180 cm³/mol. The van der Waals surface area contributed by atoms with Crippen molar-refractivity contribution in [2.24, 2.45) is 5.41 Å². The lowest BCUT2D eigenvalue weighted by atomic mass is 9.79. The minimum Gasteiger partial charge on any atom is -0.478 e. The van der Waals surface area contributed by atoms with Crippen molar-refractivity contribution in [3.05, 3.63) is 84.6 Å². The number of hydrogen-bond acceptors (Lipinski definition) is 7. The molecule has 1 aliphatic heterocycles. The summed E-state index contributed by atoms with van der Waals surface area (Å²) in [6.45, 7) is 5.74. The Hall–Kier alpha value is -3.11. The summed E-state index contributed by atoms with van der Waals surface area (Å²) in [5.41, 5.74) is 3.65. The summed E-state index contributed by atoms with van der Waals surface area (Å²) in [6, 6.07) is 22.3. The van der Waals surface area contributed by atoms with Crippen molar-refractivity contribution in [3.63, 3.8) is 0 Å². The van der Waals surface area contributed by atoms with Gasteiger partial charge in [-0.1, -0.05) is 69.9 Å². The van der Waals surface area contributed by atoms with Crippen LogP contribution < -0.4 is 15.0 Å². The lowest BCUT2D eigenvalue weighted by Gasteiger charge is -2.42. The van der Waals surface area contributed by atoms with Crippen LogP contribution in [0.15, 0.2) is 88.9 Å². The van der Waals surface area contributed by atoms with E-state index >= 15 is 0 Å². The lowest BCUT2D eigenvalue weighted by Crippen LogP contribution is -2.37. The summed E-state index contributed by atoms with van der Waals surface area (Å²) in [5.74, 6) is -0.434. The molecular weight excluding hydrogens is 581 g/mol. The molecule has 0 atom stereocenters. The number of carboxylic acids is 1. The third-order valence-corrected chi connectivity index (χ3v) is 10.7. The summed E-state index contributed by atoms with van der Waals surface area (Å²) >= 11 is 1.47. The lowest BCUT2D eigenvalue weighted by molar-refractivity contribution is -0.131. The van der Waals surface area contributed by atoms with E-state index in [2.05, 4.69) is 60.5 Å². The molecule has 3 aromatic rings. The quantitative estimate of drug-likeness (QED) is 0.0799. The van der Waals surface area contributed by atoms with Crippen molar-refractivity contribution >= 4 is 45.4 Å². The molecular formula is C34H44N2O5S2. The minimum atomic E-state index is -3.21. The highest BCUT2D eigenvalue weighted by atomic mass is 32.3. The van der Waals surface area contributed by atoms with Crippen LogP contribution in [-0.4, -0.2) is 38.7 Å². The molecule has 4 N–H and O–H groups in total. The fraction of sp³-hybridized carbons (Fsp3) is 0.382. The van der Waals surface area contributed by atoms with E-state index in [9.17, 15) is 13.9 Å². The first kappa shape index (κ1) is 32.8. The number of hydrogen-bond donors (Lipinski definition) is 4. The number of ether oxygens (including phenoxy) is 1. The first-order valence-electron chi connectivity index (χ1n) is 14.9. The van der Waals surface area contributed by atoms with Crippen LogP contribution in [0.4, 0.5) is 17.1 Å². The van der Waals surface area contributed by atoms with Gasteiger partial charge in [0.15, 0.2) is 0 Å². The van der Waals surface area contributed by atoms with E-state index < -0.39 is 16.6 Å². The Kier molecular flexibility index (Phi) is 11.5. The van der Waals surface area contributed by atoms with Gasteiger partial charge in [-0.3, -0.25) is 9.11 Å². The zero-order valence-electron chi connectivity index (χ0n) is 25.3. The standard InChI is InChI=1S/C34H44N2O5S2/c1-4-6-18-34(19-7-5-2)24-36(28-15-13-27(14-16-28)35-23-26-11-9-8-10-12-26)29-21-31(42-3)30(41-20-17-33(37)38)22-32(29)43(39,40)25-34/h8-17,20-22,35,39-40H,4-7,18-19,23-25H2,1-3H3,(H,37,38)/b20-17+. The van der Waals surface area contributed by atoms with Crippen molar-refractivity contribution in [2.75, 3.05) is 28.8 Å². The Morgan fingerprint density at radius 1 is 1.05 bits per heavy atom. The highest BCUT2D eigenvalue weighted by Crippen LogP contribution is 2.62. The molecule has 0 saturated heterocycles. The SMILES string of the molecule is CCCCC1(CCCC)CN(c2ccc(NCc3ccccc3)cc2)c2cc(SC)c(O/C=C/C(=O)O)cc2S(O)(O)C1. The molecule has 1 aliphatic rings. The summed E-state index contributed by atoms with van der Waals surface area (Å²) in [5, 5.41) is 12.5. The molecule has 0 amide bonds. The Balaban J connectivity index is 1.78. The number of carbonyl (C=O) groups is 1. The molecule has 9 heteroatoms. The van der Waals surface area contributed by atoms with Crippen LogP contribution in [0, 0.1) is 5.41 Å². The number of nitrogens with one attached hydrogen (secondary N) is 1. The highest BCUT2D eigenvalue weighted by molar-refractivity contribution is 8.24. The smallest absolute Gasteiger partial charge is 0.331 e. The van der Waals surface area contributed by atoms with Crippen LogP contribution in [-0.2, 0) is 11.3 Å². The average Bonchev–Trinajstić information content (AvgIpc) is 3.10. The molecule has 232 valence electrons. The van der Waals surface area contributed by atoms with Crippen LogP contribution in [0.3, 0.4) is 0 Å². The largest absolute Gasteiger partial charge is 0.478 e. The number of benzene rings is 3. The number of unbranched alkanes of at least 4 members (excludes halogenated alkanes) is 2. The number of fused-ring (bicyclic) bond motifs is 1. The highest BCUT2D eigenvalue weighted by Gasteiger charge is 2.42. The number of rotatable bonds is 14. The maximum absolute atomic E-state index is 11.9. The van der Waals surface area contributed by atoms with Crippen molar-refractivity contribution in [2.45, 2.75) is 68.7 Å². The molecule has 0 aliphatic carbocycles. The number of nitrogens with zero attached hydrogens (tertiary/aromatic N) is 1. The molecule has 1 heterocycles. The van der Waals surface area contributed by atoms with Gasteiger partial charge in [-0.05, 0) is 55.0 Å². The molecule has 7 nitrogen and oxygen atoms in total. The topological polar surface area (TPSA) is 102 Å². The zero-order chi connectivity index (χ0) is 30.9. The summed E-state index contributed by atoms with van der Waals surface area (Å²) in [6.07, 6.45) is 9.87. The summed E-state index contributed by atoms with van der Waals surface area (Å²) < 4.78 is 29.4. The fourth-order valence-corrected chi connectivity index (χ4v) is 8.44. The molecule has 43 heavy (non-hydrogen) atoms. The number of carboxylic acid groups (broad SMARTS) is 1. The van der Waals surface area contributed by atoms with Crippen LogP contribution in [0.25, 0.3) is 0 Å². The molecule has 0 fully saturated rings. The van der Waals surface area contributed by atoms with Gasteiger partial charge in [-0.2, -0.15) is 10.6 Å². The normalized spacial score (nSPS) is 16.3. The molecule has 3 aromatic carbocycles. The third-order valence-electron chi connectivity index (χ3n) is 7.93. The van der Waals surface area contributed by atoms with Gasteiger partial charge in [0.2, 0.25) is 0 Å². The van der Waals surface area contributed by atoms with Gasteiger partial charge in [0.25, 0.3) is 0 Å². The second kappa shape index (κ2) is 15.1. The second-order valence-corrected chi connectivity index (χ2v) is 14.1. The first-order valence-corrected chi connectivity index (χ1v) is 17.8. The summed E-state index contributed by atoms with van der Waals surface area (Å²) in [7, 11) is -3.21. The van der Waals surface area contributed by atoms with Gasteiger partial charge in [0, 0.05) is 41.7 Å². The third kappa shape index (κ3) is 8.50. The maximum Gasteiger partial charge on any atom is 0.331 e. The monoisotopic (exact) mass is 624 g/mol. The number of thioether (sulfide) groups is 1. The number of aliphatic carboxylic acids is 1. The van der Waals surface area contributed by atoms with E-state index in [-0.39, 0.29) is 11.2 Å². The van der Waals surface area contributed by atoms with Gasteiger partial charge in [0.05, 0.1) is 27.8 Å². The van der Waals surface area contributed by atoms with Crippen LogP contribution in [0.2, 0.25) is 0 Å². The summed E-state index contributed by atoms with van der Waals surface area (Å²) in [4.78, 5) is 14.5.